The smallest absolute Gasteiger partial charge is 0.317 e. The Labute approximate surface area is 126 Å². The molecule has 0 radical (unpaired) electrons. The lowest BCUT2D eigenvalue weighted by atomic mass is 10.2. The Morgan fingerprint density at radius 2 is 1.95 bits per heavy atom. The highest BCUT2D eigenvalue weighted by atomic mass is 16.2. The van der Waals surface area contributed by atoms with Gasteiger partial charge in [0, 0.05) is 45.3 Å². The first-order chi connectivity index (χ1) is 10.3. The molecule has 5 nitrogen and oxygen atoms in total. The van der Waals surface area contributed by atoms with Gasteiger partial charge in [-0.05, 0) is 18.5 Å². The molecule has 2 aliphatic rings. The molecule has 0 bridgehead atoms. The van der Waals surface area contributed by atoms with Crippen molar-refractivity contribution in [2.45, 2.75) is 19.0 Å². The van der Waals surface area contributed by atoms with E-state index in [2.05, 4.69) is 15.5 Å². The average molecular weight is 288 g/mol. The predicted molar refractivity (Wildman–Crippen MR) is 83.1 cm³/mol. The van der Waals surface area contributed by atoms with E-state index in [-0.39, 0.29) is 6.03 Å². The van der Waals surface area contributed by atoms with E-state index in [9.17, 15) is 4.79 Å². The minimum atomic E-state index is 0.0584. The summed E-state index contributed by atoms with van der Waals surface area (Å²) in [7, 11) is 0. The van der Waals surface area contributed by atoms with Crippen LogP contribution in [0.15, 0.2) is 30.3 Å². The molecule has 3 rings (SSSR count). The van der Waals surface area contributed by atoms with Gasteiger partial charge in [-0.2, -0.15) is 0 Å². The van der Waals surface area contributed by atoms with Gasteiger partial charge in [0.1, 0.15) is 0 Å². The molecule has 0 saturated carbocycles. The summed E-state index contributed by atoms with van der Waals surface area (Å²) >= 11 is 0. The Bertz CT molecular complexity index is 451. The quantitative estimate of drug-likeness (QED) is 0.868. The second kappa shape index (κ2) is 6.91. The van der Waals surface area contributed by atoms with E-state index in [1.165, 1.54) is 6.42 Å². The Kier molecular flexibility index (Phi) is 4.72. The third kappa shape index (κ3) is 3.74. The molecular weight excluding hydrogens is 264 g/mol. The van der Waals surface area contributed by atoms with E-state index in [4.69, 9.17) is 0 Å². The third-order valence-corrected chi connectivity index (χ3v) is 4.44. The van der Waals surface area contributed by atoms with Crippen LogP contribution in [0.5, 0.6) is 0 Å². The minimum absolute atomic E-state index is 0.0584. The predicted octanol–water partition coefficient (Wildman–Crippen LogP) is 0.876. The fraction of sp³-hybridized carbons (Fsp3) is 0.562. The fourth-order valence-electron chi connectivity index (χ4n) is 3.13. The number of carbonyl (C=O) groups is 1. The number of hydrogen-bond donors (Lipinski definition) is 2. The van der Waals surface area contributed by atoms with Crippen molar-refractivity contribution in [1.82, 2.24) is 20.4 Å². The average Bonchev–Trinajstić information content (AvgIpc) is 3.08. The van der Waals surface area contributed by atoms with Crippen molar-refractivity contribution in [1.29, 1.82) is 0 Å². The maximum atomic E-state index is 12.2. The van der Waals surface area contributed by atoms with Gasteiger partial charge >= 0.3 is 6.03 Å². The molecular formula is C16H24N4O. The van der Waals surface area contributed by atoms with E-state index < -0.39 is 0 Å². The Hall–Kier alpha value is -1.59. The lowest BCUT2D eigenvalue weighted by Crippen LogP contribution is -2.54. The van der Waals surface area contributed by atoms with Crippen molar-refractivity contribution in [3.8, 4) is 0 Å². The van der Waals surface area contributed by atoms with Crippen molar-refractivity contribution in [2.75, 3.05) is 39.3 Å². The van der Waals surface area contributed by atoms with Gasteiger partial charge in [0.05, 0.1) is 0 Å². The van der Waals surface area contributed by atoms with E-state index >= 15 is 0 Å². The lowest BCUT2D eigenvalue weighted by molar-refractivity contribution is 0.114. The summed E-state index contributed by atoms with van der Waals surface area (Å²) in [5.41, 5.74) is 1.14. The van der Waals surface area contributed by atoms with Gasteiger partial charge in [-0.3, -0.25) is 4.90 Å². The highest BCUT2D eigenvalue weighted by Crippen LogP contribution is 2.12. The zero-order valence-electron chi connectivity index (χ0n) is 12.4. The van der Waals surface area contributed by atoms with Crippen LogP contribution in [0.3, 0.4) is 0 Å². The van der Waals surface area contributed by atoms with Crippen LogP contribution in [0, 0.1) is 0 Å². The molecule has 2 saturated heterocycles. The molecule has 1 aromatic carbocycles. The van der Waals surface area contributed by atoms with Crippen LogP contribution in [-0.4, -0.2) is 61.1 Å². The SMILES string of the molecule is O=C(NCc1ccccc1)N1CCN(C2CCNC2)CC1. The molecule has 2 aliphatic heterocycles. The number of amides is 2. The van der Waals surface area contributed by atoms with Crippen LogP contribution < -0.4 is 10.6 Å². The molecule has 1 atom stereocenters. The Balaban J connectivity index is 1.42. The van der Waals surface area contributed by atoms with E-state index in [0.29, 0.717) is 12.6 Å². The van der Waals surface area contributed by atoms with Gasteiger partial charge in [-0.15, -0.1) is 0 Å². The summed E-state index contributed by atoms with van der Waals surface area (Å²) in [5.74, 6) is 0. The van der Waals surface area contributed by atoms with Gasteiger partial charge in [0.25, 0.3) is 0 Å². The molecule has 0 spiro atoms. The number of urea groups is 1. The zero-order chi connectivity index (χ0) is 14.5. The molecule has 2 heterocycles. The summed E-state index contributed by atoms with van der Waals surface area (Å²) < 4.78 is 0. The molecule has 1 aromatic rings. The fourth-order valence-corrected chi connectivity index (χ4v) is 3.13. The van der Waals surface area contributed by atoms with Gasteiger partial charge in [0.2, 0.25) is 0 Å². The zero-order valence-corrected chi connectivity index (χ0v) is 12.4. The number of hydrogen-bond acceptors (Lipinski definition) is 3. The lowest BCUT2D eigenvalue weighted by Gasteiger charge is -2.37. The largest absolute Gasteiger partial charge is 0.334 e. The molecule has 0 aliphatic carbocycles. The summed E-state index contributed by atoms with van der Waals surface area (Å²) in [6.45, 7) is 6.47. The van der Waals surface area contributed by atoms with Crippen molar-refractivity contribution in [3.63, 3.8) is 0 Å². The van der Waals surface area contributed by atoms with Crippen LogP contribution in [0.25, 0.3) is 0 Å². The van der Waals surface area contributed by atoms with E-state index in [1.54, 1.807) is 0 Å². The Morgan fingerprint density at radius 1 is 1.19 bits per heavy atom. The molecule has 2 N–H and O–H groups in total. The first-order valence-electron chi connectivity index (χ1n) is 7.84. The second-order valence-electron chi connectivity index (χ2n) is 5.81. The number of piperazine rings is 1. The maximum absolute atomic E-state index is 12.2. The van der Waals surface area contributed by atoms with Crippen molar-refractivity contribution in [2.24, 2.45) is 0 Å². The van der Waals surface area contributed by atoms with Crippen LogP contribution in [0.4, 0.5) is 4.79 Å². The molecule has 1 unspecified atom stereocenters. The van der Waals surface area contributed by atoms with Crippen LogP contribution in [-0.2, 0) is 6.54 Å². The van der Waals surface area contributed by atoms with Gasteiger partial charge in [-0.25, -0.2) is 4.79 Å². The van der Waals surface area contributed by atoms with Crippen LogP contribution in [0.1, 0.15) is 12.0 Å². The number of nitrogens with zero attached hydrogens (tertiary/aromatic N) is 2. The minimum Gasteiger partial charge on any atom is -0.334 e. The number of nitrogens with one attached hydrogen (secondary N) is 2. The van der Waals surface area contributed by atoms with Gasteiger partial charge < -0.3 is 15.5 Å². The molecule has 2 fully saturated rings. The van der Waals surface area contributed by atoms with Crippen molar-refractivity contribution in [3.05, 3.63) is 35.9 Å². The Morgan fingerprint density at radius 3 is 2.62 bits per heavy atom. The highest BCUT2D eigenvalue weighted by molar-refractivity contribution is 5.74. The van der Waals surface area contributed by atoms with E-state index in [1.807, 2.05) is 35.2 Å². The highest BCUT2D eigenvalue weighted by Gasteiger charge is 2.27. The standard InChI is InChI=1S/C16H24N4O/c21-16(18-12-14-4-2-1-3-5-14)20-10-8-19(9-11-20)15-6-7-17-13-15/h1-5,15,17H,6-13H2,(H,18,21). The van der Waals surface area contributed by atoms with Crippen molar-refractivity contribution >= 4 is 6.03 Å². The first kappa shape index (κ1) is 14.4. The summed E-state index contributed by atoms with van der Waals surface area (Å²) in [5, 5.41) is 6.42. The number of benzene rings is 1. The summed E-state index contributed by atoms with van der Waals surface area (Å²) in [4.78, 5) is 16.6. The number of carbonyl (C=O) groups excluding carboxylic acids is 1. The van der Waals surface area contributed by atoms with Gasteiger partial charge in [-0.1, -0.05) is 30.3 Å². The van der Waals surface area contributed by atoms with Crippen molar-refractivity contribution < 1.29 is 4.79 Å². The third-order valence-electron chi connectivity index (χ3n) is 4.44. The molecule has 0 aromatic heterocycles. The molecule has 5 heteroatoms. The summed E-state index contributed by atoms with van der Waals surface area (Å²) in [6, 6.07) is 10.8. The molecule has 114 valence electrons. The molecule has 2 amide bonds. The topological polar surface area (TPSA) is 47.6 Å². The maximum Gasteiger partial charge on any atom is 0.317 e. The van der Waals surface area contributed by atoms with Gasteiger partial charge in [0.15, 0.2) is 0 Å². The first-order valence-corrected chi connectivity index (χ1v) is 7.84. The second-order valence-corrected chi connectivity index (χ2v) is 5.81. The van der Waals surface area contributed by atoms with E-state index in [0.717, 1.165) is 44.8 Å². The molecule has 21 heavy (non-hydrogen) atoms. The number of rotatable bonds is 3. The van der Waals surface area contributed by atoms with Crippen LogP contribution >= 0.6 is 0 Å². The summed E-state index contributed by atoms with van der Waals surface area (Å²) in [6.07, 6.45) is 1.24. The monoisotopic (exact) mass is 288 g/mol. The van der Waals surface area contributed by atoms with Crippen LogP contribution in [0.2, 0.25) is 0 Å². The normalized spacial score (nSPS) is 23.2.